The number of amides is 2. The number of nitrogens with one attached hydrogen (secondary N) is 1. The smallest absolute Gasteiger partial charge is 0.408 e. The molecule has 240 valence electrons. The molecule has 6 atom stereocenters. The van der Waals surface area contributed by atoms with Gasteiger partial charge < -0.3 is 19.7 Å². The summed E-state index contributed by atoms with van der Waals surface area (Å²) in [6.45, 7) is 8.76. The van der Waals surface area contributed by atoms with Crippen molar-refractivity contribution in [2.75, 3.05) is 6.54 Å². The Morgan fingerprint density at radius 3 is 2.36 bits per heavy atom. The molecular weight excluding hydrogens is 570 g/mol. The summed E-state index contributed by atoms with van der Waals surface area (Å²) in [4.78, 5) is 50.8. The summed E-state index contributed by atoms with van der Waals surface area (Å²) in [5.74, 6) is -4.72. The van der Waals surface area contributed by atoms with Crippen molar-refractivity contribution < 1.29 is 32.6 Å². The number of Topliss-reactive ketones (excluding diaryl/α,β-unsaturated/α-hetero) is 1. The Balaban J connectivity index is 1.58. The van der Waals surface area contributed by atoms with Crippen LogP contribution in [-0.2, 0) is 20.2 Å². The molecule has 9 nitrogen and oxygen atoms in total. The summed E-state index contributed by atoms with van der Waals surface area (Å²) < 4.78 is 44.1. The van der Waals surface area contributed by atoms with Crippen molar-refractivity contribution in [3.05, 3.63) is 30.0 Å². The molecule has 11 heteroatoms. The predicted molar refractivity (Wildman–Crippen MR) is 160 cm³/mol. The average molecular weight is 615 g/mol. The molecule has 0 radical (unpaired) electrons. The molecule has 3 aliphatic rings. The van der Waals surface area contributed by atoms with Gasteiger partial charge in [0.25, 0.3) is 5.92 Å². The zero-order valence-corrected chi connectivity index (χ0v) is 26.3. The van der Waals surface area contributed by atoms with Crippen molar-refractivity contribution in [3.63, 3.8) is 0 Å². The molecule has 5 rings (SSSR count). The number of carbonyl (C=O) groups is 3. The van der Waals surface area contributed by atoms with E-state index in [1.54, 1.807) is 24.3 Å². The van der Waals surface area contributed by atoms with Gasteiger partial charge >= 0.3 is 6.09 Å². The Labute approximate surface area is 257 Å². The van der Waals surface area contributed by atoms with Crippen LogP contribution in [0.2, 0.25) is 0 Å². The minimum Gasteiger partial charge on any atom is -0.471 e. The standard InChI is InChI=1S/C33H44F2N4O5/c1-6-21-25-18-39(26(21)19(2)40)30(41)28(32(3,4)5)38-31(42)44-24-16-11-13-20(24)12-9-10-17-33(34,35)27-29(43-25)37-23-15-8-7-14-22(23)36-27/h7-8,14-15,20-21,24-26,28H,6,9-13,16-18H2,1-5H3,(H,38,42)/t20-,21-,24-,25+,26-,28-/m1/s1. The first-order valence-corrected chi connectivity index (χ1v) is 15.9. The van der Waals surface area contributed by atoms with Gasteiger partial charge in [-0.1, -0.05) is 46.2 Å². The lowest BCUT2D eigenvalue weighted by Crippen LogP contribution is -2.57. The van der Waals surface area contributed by atoms with Crippen LogP contribution in [0.25, 0.3) is 11.0 Å². The normalized spacial score (nSPS) is 29.9. The molecule has 44 heavy (non-hydrogen) atoms. The number of nitrogens with zero attached hydrogens (tertiary/aromatic N) is 3. The largest absolute Gasteiger partial charge is 0.471 e. The fourth-order valence-electron chi connectivity index (χ4n) is 7.15. The Kier molecular flexibility index (Phi) is 9.14. The number of carbonyl (C=O) groups excluding carboxylic acids is 3. The molecule has 1 saturated heterocycles. The fraction of sp³-hybridized carbons (Fsp3) is 0.667. The molecule has 1 aromatic carbocycles. The monoisotopic (exact) mass is 614 g/mol. The quantitative estimate of drug-likeness (QED) is 0.430. The van der Waals surface area contributed by atoms with Crippen molar-refractivity contribution in [1.29, 1.82) is 0 Å². The number of ketones is 1. The second-order valence-corrected chi connectivity index (χ2v) is 13.7. The van der Waals surface area contributed by atoms with Crippen molar-refractivity contribution >= 4 is 28.8 Å². The Morgan fingerprint density at radius 1 is 1.02 bits per heavy atom. The highest BCUT2D eigenvalue weighted by Gasteiger charge is 2.51. The number of para-hydroxylation sites is 2. The number of benzene rings is 1. The van der Waals surface area contributed by atoms with Crippen LogP contribution in [0.3, 0.4) is 0 Å². The number of alkyl halides is 2. The number of ether oxygens (including phenoxy) is 2. The van der Waals surface area contributed by atoms with Crippen molar-refractivity contribution in [3.8, 4) is 5.88 Å². The highest BCUT2D eigenvalue weighted by Crippen LogP contribution is 2.41. The van der Waals surface area contributed by atoms with Crippen LogP contribution in [0.1, 0.15) is 91.7 Å². The summed E-state index contributed by atoms with van der Waals surface area (Å²) in [6, 6.07) is 4.94. The third-order valence-electron chi connectivity index (χ3n) is 9.45. The zero-order chi connectivity index (χ0) is 31.8. The molecule has 2 fully saturated rings. The van der Waals surface area contributed by atoms with Gasteiger partial charge in [0.2, 0.25) is 11.8 Å². The van der Waals surface area contributed by atoms with Crippen molar-refractivity contribution in [2.24, 2.45) is 17.3 Å². The van der Waals surface area contributed by atoms with Gasteiger partial charge in [-0.2, -0.15) is 8.78 Å². The highest BCUT2D eigenvalue weighted by molar-refractivity contribution is 5.92. The second-order valence-electron chi connectivity index (χ2n) is 13.7. The molecule has 1 N–H and O–H groups in total. The first-order chi connectivity index (χ1) is 20.8. The number of fused-ring (bicyclic) bond motifs is 5. The SMILES string of the molecule is CC[C@@H]1[C@@H]2CN(C(=O)[C@H](C(C)(C)C)NC(=O)O[C@@H]3CCC[C@H]3CCCCC(F)(F)c3nc4ccccc4nc3O2)[C@@H]1C(C)=O. The van der Waals surface area contributed by atoms with Crippen molar-refractivity contribution in [1.82, 2.24) is 20.2 Å². The van der Waals surface area contributed by atoms with Gasteiger partial charge in [-0.25, -0.2) is 14.8 Å². The zero-order valence-electron chi connectivity index (χ0n) is 26.3. The van der Waals surface area contributed by atoms with Crippen LogP contribution < -0.4 is 10.1 Å². The van der Waals surface area contributed by atoms with Crippen LogP contribution in [0.4, 0.5) is 13.6 Å². The van der Waals surface area contributed by atoms with E-state index in [0.29, 0.717) is 36.7 Å². The molecule has 2 aliphatic heterocycles. The number of aromatic nitrogens is 2. The summed E-state index contributed by atoms with van der Waals surface area (Å²) >= 11 is 0. The average Bonchev–Trinajstić information content (AvgIpc) is 3.56. The van der Waals surface area contributed by atoms with Crippen LogP contribution in [0, 0.1) is 17.3 Å². The fourth-order valence-corrected chi connectivity index (χ4v) is 7.15. The predicted octanol–water partition coefficient (Wildman–Crippen LogP) is 6.18. The summed E-state index contributed by atoms with van der Waals surface area (Å²) in [7, 11) is 0. The molecule has 1 aliphatic carbocycles. The Bertz CT molecular complexity index is 1400. The van der Waals surface area contributed by atoms with E-state index in [0.717, 1.165) is 12.8 Å². The van der Waals surface area contributed by atoms with Crippen LogP contribution in [0.5, 0.6) is 5.88 Å². The lowest BCUT2D eigenvalue weighted by molar-refractivity contribution is -0.141. The van der Waals surface area contributed by atoms with E-state index >= 15 is 8.78 Å². The molecule has 1 aromatic heterocycles. The summed E-state index contributed by atoms with van der Waals surface area (Å²) in [6.07, 6.45) is 2.03. The number of hydrogen-bond donors (Lipinski definition) is 1. The van der Waals surface area contributed by atoms with Gasteiger partial charge in [0, 0.05) is 12.3 Å². The maximum atomic E-state index is 16.0. The second kappa shape index (κ2) is 12.6. The van der Waals surface area contributed by atoms with E-state index in [1.165, 1.54) is 11.8 Å². The number of alkyl carbamates (subject to hydrolysis) is 1. The van der Waals surface area contributed by atoms with Crippen LogP contribution in [-0.4, -0.2) is 63.5 Å². The first-order valence-electron chi connectivity index (χ1n) is 15.9. The first kappa shape index (κ1) is 32.0. The summed E-state index contributed by atoms with van der Waals surface area (Å²) in [5.41, 5.74) is -0.497. The van der Waals surface area contributed by atoms with Crippen LogP contribution >= 0.6 is 0 Å². The number of halogens is 2. The van der Waals surface area contributed by atoms with E-state index in [9.17, 15) is 14.4 Å². The topological polar surface area (TPSA) is 111 Å². The third-order valence-corrected chi connectivity index (χ3v) is 9.45. The minimum atomic E-state index is -3.32. The van der Waals surface area contributed by atoms with Gasteiger partial charge in [-0.15, -0.1) is 0 Å². The molecule has 0 spiro atoms. The molecular formula is C33H44F2N4O5. The van der Waals surface area contributed by atoms with Crippen LogP contribution in [0.15, 0.2) is 24.3 Å². The lowest BCUT2D eigenvalue weighted by atomic mass is 9.85. The Morgan fingerprint density at radius 2 is 1.70 bits per heavy atom. The molecule has 2 amide bonds. The third kappa shape index (κ3) is 6.52. The molecule has 3 heterocycles. The van der Waals surface area contributed by atoms with E-state index in [4.69, 9.17) is 9.47 Å². The summed E-state index contributed by atoms with van der Waals surface area (Å²) in [5, 5.41) is 2.82. The van der Waals surface area contributed by atoms with Gasteiger partial charge in [0.05, 0.1) is 23.6 Å². The molecule has 1 saturated carbocycles. The van der Waals surface area contributed by atoms with E-state index < -0.39 is 59.6 Å². The van der Waals surface area contributed by atoms with Gasteiger partial charge in [0.1, 0.15) is 18.2 Å². The van der Waals surface area contributed by atoms with E-state index in [2.05, 4.69) is 15.3 Å². The van der Waals surface area contributed by atoms with Crippen molar-refractivity contribution in [2.45, 2.75) is 116 Å². The maximum Gasteiger partial charge on any atom is 0.408 e. The Hall–Kier alpha value is -3.37. The minimum absolute atomic E-state index is 0.0326. The van der Waals surface area contributed by atoms with Gasteiger partial charge in [-0.3, -0.25) is 9.59 Å². The number of hydrogen-bond acceptors (Lipinski definition) is 7. The van der Waals surface area contributed by atoms with Gasteiger partial charge in [-0.05, 0) is 68.9 Å². The van der Waals surface area contributed by atoms with E-state index in [-0.39, 0.29) is 36.7 Å². The number of rotatable bonds is 2. The molecule has 0 unspecified atom stereocenters. The highest BCUT2D eigenvalue weighted by atomic mass is 19.3. The van der Waals surface area contributed by atoms with Gasteiger partial charge in [0.15, 0.2) is 11.5 Å². The molecule has 2 bridgehead atoms. The lowest BCUT2D eigenvalue weighted by Gasteiger charge is -2.35. The maximum absolute atomic E-state index is 16.0. The molecule has 2 aromatic rings. The van der Waals surface area contributed by atoms with E-state index in [1.807, 2.05) is 27.7 Å².